The third-order valence-corrected chi connectivity index (χ3v) is 2.35. The Morgan fingerprint density at radius 1 is 1.50 bits per heavy atom. The van der Waals surface area contributed by atoms with Gasteiger partial charge in [0.15, 0.2) is 0 Å². The van der Waals surface area contributed by atoms with Crippen LogP contribution in [0.15, 0.2) is 0 Å². The molecule has 0 radical (unpaired) electrons. The van der Waals surface area contributed by atoms with E-state index in [1.54, 1.807) is 0 Å². The summed E-state index contributed by atoms with van der Waals surface area (Å²) in [5.74, 6) is 0. The lowest BCUT2D eigenvalue weighted by atomic mass is 10.1. The zero-order valence-corrected chi connectivity index (χ0v) is 7.06. The van der Waals surface area contributed by atoms with Gasteiger partial charge in [0.05, 0.1) is 6.17 Å². The quantitative estimate of drug-likeness (QED) is 0.619. The molecule has 1 fully saturated rings. The lowest BCUT2D eigenvalue weighted by molar-refractivity contribution is 0.135. The van der Waals surface area contributed by atoms with Crippen LogP contribution in [-0.4, -0.2) is 31.2 Å². The SMILES string of the molecule is CCN1CCCCC1NC. The first-order chi connectivity index (χ1) is 4.88. The molecule has 1 unspecified atom stereocenters. The van der Waals surface area contributed by atoms with Gasteiger partial charge in [-0.1, -0.05) is 6.92 Å². The molecule has 1 rings (SSSR count). The molecule has 60 valence electrons. The van der Waals surface area contributed by atoms with Crippen LogP contribution < -0.4 is 5.32 Å². The van der Waals surface area contributed by atoms with Crippen LogP contribution in [0.3, 0.4) is 0 Å². The van der Waals surface area contributed by atoms with E-state index < -0.39 is 0 Å². The average Bonchev–Trinajstić information content (AvgIpc) is 2.04. The van der Waals surface area contributed by atoms with E-state index in [1.807, 2.05) is 0 Å². The predicted molar refractivity (Wildman–Crippen MR) is 43.9 cm³/mol. The van der Waals surface area contributed by atoms with Gasteiger partial charge in [0, 0.05) is 0 Å². The Morgan fingerprint density at radius 3 is 2.80 bits per heavy atom. The molecule has 0 bridgehead atoms. The largest absolute Gasteiger partial charge is 0.305 e. The fraction of sp³-hybridized carbons (Fsp3) is 1.00. The normalized spacial score (nSPS) is 28.8. The molecule has 2 heteroatoms. The first-order valence-electron chi connectivity index (χ1n) is 4.29. The number of nitrogens with zero attached hydrogens (tertiary/aromatic N) is 1. The highest BCUT2D eigenvalue weighted by Gasteiger charge is 2.17. The lowest BCUT2D eigenvalue weighted by Crippen LogP contribution is -2.46. The van der Waals surface area contributed by atoms with Crippen LogP contribution in [0.1, 0.15) is 26.2 Å². The van der Waals surface area contributed by atoms with E-state index in [2.05, 4.69) is 24.2 Å². The van der Waals surface area contributed by atoms with Crippen LogP contribution >= 0.6 is 0 Å². The summed E-state index contributed by atoms with van der Waals surface area (Å²) in [4.78, 5) is 2.50. The van der Waals surface area contributed by atoms with Gasteiger partial charge in [0.1, 0.15) is 0 Å². The van der Waals surface area contributed by atoms with Crippen molar-refractivity contribution in [3.63, 3.8) is 0 Å². The average molecular weight is 142 g/mol. The van der Waals surface area contributed by atoms with Crippen LogP contribution in [0.5, 0.6) is 0 Å². The van der Waals surface area contributed by atoms with Crippen LogP contribution in [-0.2, 0) is 0 Å². The topological polar surface area (TPSA) is 15.3 Å². The Bertz CT molecular complexity index is 81.3. The molecule has 1 N–H and O–H groups in total. The molecule has 1 aliphatic heterocycles. The molecule has 1 aliphatic rings. The molecule has 1 atom stereocenters. The lowest BCUT2D eigenvalue weighted by Gasteiger charge is -2.34. The van der Waals surface area contributed by atoms with Gasteiger partial charge in [-0.05, 0) is 39.4 Å². The van der Waals surface area contributed by atoms with E-state index in [0.29, 0.717) is 6.17 Å². The molecule has 0 aromatic heterocycles. The zero-order valence-electron chi connectivity index (χ0n) is 7.06. The van der Waals surface area contributed by atoms with Crippen molar-refractivity contribution in [3.8, 4) is 0 Å². The van der Waals surface area contributed by atoms with Gasteiger partial charge in [-0.15, -0.1) is 0 Å². The van der Waals surface area contributed by atoms with Crippen molar-refractivity contribution in [1.82, 2.24) is 10.2 Å². The minimum atomic E-state index is 0.652. The van der Waals surface area contributed by atoms with Gasteiger partial charge >= 0.3 is 0 Å². The third kappa shape index (κ3) is 1.70. The summed E-state index contributed by atoms with van der Waals surface area (Å²) in [6, 6.07) is 0. The van der Waals surface area contributed by atoms with Gasteiger partial charge in [0.2, 0.25) is 0 Å². The summed E-state index contributed by atoms with van der Waals surface area (Å²) in [5.41, 5.74) is 0. The minimum absolute atomic E-state index is 0.652. The summed E-state index contributed by atoms with van der Waals surface area (Å²) < 4.78 is 0. The Morgan fingerprint density at radius 2 is 2.30 bits per heavy atom. The number of likely N-dealkylation sites (tertiary alicyclic amines) is 1. The van der Waals surface area contributed by atoms with Gasteiger partial charge in [-0.2, -0.15) is 0 Å². The summed E-state index contributed by atoms with van der Waals surface area (Å²) in [6.07, 6.45) is 4.75. The van der Waals surface area contributed by atoms with Crippen molar-refractivity contribution >= 4 is 0 Å². The third-order valence-electron chi connectivity index (χ3n) is 2.35. The monoisotopic (exact) mass is 142 g/mol. The maximum Gasteiger partial charge on any atom is 0.0594 e. The highest BCUT2D eigenvalue weighted by molar-refractivity contribution is 4.71. The summed E-state index contributed by atoms with van der Waals surface area (Å²) in [5, 5.41) is 3.33. The molecular formula is C8H18N2. The van der Waals surface area contributed by atoms with Crippen molar-refractivity contribution in [3.05, 3.63) is 0 Å². The molecule has 0 aromatic carbocycles. The molecule has 1 heterocycles. The van der Waals surface area contributed by atoms with Crippen LogP contribution in [0, 0.1) is 0 Å². The van der Waals surface area contributed by atoms with E-state index in [-0.39, 0.29) is 0 Å². The smallest absolute Gasteiger partial charge is 0.0594 e. The van der Waals surface area contributed by atoms with Crippen molar-refractivity contribution in [1.29, 1.82) is 0 Å². The molecule has 0 aliphatic carbocycles. The highest BCUT2D eigenvalue weighted by atomic mass is 15.3. The second-order valence-corrected chi connectivity index (χ2v) is 2.93. The Hall–Kier alpha value is -0.0800. The maximum atomic E-state index is 3.33. The molecule has 0 amide bonds. The first-order valence-corrected chi connectivity index (χ1v) is 4.29. The van der Waals surface area contributed by atoms with E-state index in [4.69, 9.17) is 0 Å². The Labute approximate surface area is 63.6 Å². The molecule has 0 saturated carbocycles. The molecule has 2 nitrogen and oxygen atoms in total. The van der Waals surface area contributed by atoms with Crippen molar-refractivity contribution in [2.75, 3.05) is 20.1 Å². The van der Waals surface area contributed by atoms with Crippen molar-refractivity contribution in [2.45, 2.75) is 32.4 Å². The van der Waals surface area contributed by atoms with Crippen molar-refractivity contribution in [2.24, 2.45) is 0 Å². The molecule has 0 aromatic rings. The highest BCUT2D eigenvalue weighted by Crippen LogP contribution is 2.13. The second-order valence-electron chi connectivity index (χ2n) is 2.93. The molecule has 1 saturated heterocycles. The van der Waals surface area contributed by atoms with Gasteiger partial charge in [0.25, 0.3) is 0 Å². The maximum absolute atomic E-state index is 3.33. The van der Waals surface area contributed by atoms with Gasteiger partial charge in [-0.3, -0.25) is 4.90 Å². The van der Waals surface area contributed by atoms with Gasteiger partial charge in [-0.25, -0.2) is 0 Å². The van der Waals surface area contributed by atoms with E-state index in [0.717, 1.165) is 0 Å². The summed E-state index contributed by atoms with van der Waals surface area (Å²) in [7, 11) is 2.05. The number of nitrogens with one attached hydrogen (secondary N) is 1. The minimum Gasteiger partial charge on any atom is -0.305 e. The van der Waals surface area contributed by atoms with Crippen molar-refractivity contribution < 1.29 is 0 Å². The number of rotatable bonds is 2. The van der Waals surface area contributed by atoms with Crippen LogP contribution in [0.25, 0.3) is 0 Å². The predicted octanol–water partition coefficient (Wildman–Crippen LogP) is 1.04. The second kappa shape index (κ2) is 3.94. The Balaban J connectivity index is 2.34. The van der Waals surface area contributed by atoms with E-state index in [1.165, 1.54) is 32.4 Å². The number of piperidine rings is 1. The van der Waals surface area contributed by atoms with E-state index >= 15 is 0 Å². The summed E-state index contributed by atoms with van der Waals surface area (Å²) >= 11 is 0. The molecule has 10 heavy (non-hydrogen) atoms. The Kier molecular flexibility index (Phi) is 3.16. The molecule has 0 spiro atoms. The van der Waals surface area contributed by atoms with Gasteiger partial charge < -0.3 is 5.32 Å². The standard InChI is InChI=1S/C8H18N2/c1-3-10-7-5-4-6-8(10)9-2/h8-9H,3-7H2,1-2H3. The fourth-order valence-corrected chi connectivity index (χ4v) is 1.70. The number of hydrogen-bond donors (Lipinski definition) is 1. The fourth-order valence-electron chi connectivity index (χ4n) is 1.70. The first kappa shape index (κ1) is 8.02. The number of hydrogen-bond acceptors (Lipinski definition) is 2. The van der Waals surface area contributed by atoms with Crippen LogP contribution in [0.2, 0.25) is 0 Å². The summed E-state index contributed by atoms with van der Waals surface area (Å²) in [6.45, 7) is 4.70. The van der Waals surface area contributed by atoms with E-state index in [9.17, 15) is 0 Å². The zero-order chi connectivity index (χ0) is 7.40. The molecular weight excluding hydrogens is 124 g/mol. The van der Waals surface area contributed by atoms with Crippen LogP contribution in [0.4, 0.5) is 0 Å².